The number of aromatic nitrogens is 2. The van der Waals surface area contributed by atoms with Crippen LogP contribution >= 0.6 is 0 Å². The van der Waals surface area contributed by atoms with Gasteiger partial charge in [0.05, 0.1) is 13.7 Å². The van der Waals surface area contributed by atoms with Crippen LogP contribution in [0.15, 0.2) is 48.8 Å². The monoisotopic (exact) mass is 546 g/mol. The fourth-order valence-corrected chi connectivity index (χ4v) is 4.12. The first-order valence-corrected chi connectivity index (χ1v) is 11.6. The second-order valence-corrected chi connectivity index (χ2v) is 11.6. The molecule has 4 nitrogen and oxygen atoms in total. The van der Waals surface area contributed by atoms with Crippen LogP contribution in [0.1, 0.15) is 0 Å². The number of aliphatic hydroxyl groups is 2. The Morgan fingerprint density at radius 2 is 1.69 bits per heavy atom. The summed E-state index contributed by atoms with van der Waals surface area (Å²) in [7, 11) is 0.676. The predicted molar refractivity (Wildman–Crippen MR) is 108 cm³/mol. The molecule has 2 heterocycles. The van der Waals surface area contributed by atoms with E-state index in [2.05, 4.69) is 65.4 Å². The van der Waals surface area contributed by atoms with Gasteiger partial charge in [0.15, 0.2) is 0 Å². The van der Waals surface area contributed by atoms with Crippen LogP contribution in [0.4, 0.5) is 0 Å². The van der Waals surface area contributed by atoms with Crippen molar-refractivity contribution >= 4 is 40.6 Å². The third-order valence-electron chi connectivity index (χ3n) is 4.13. The molecule has 0 aliphatic carbocycles. The fourth-order valence-electron chi connectivity index (χ4n) is 2.96. The summed E-state index contributed by atoms with van der Waals surface area (Å²) in [6, 6.07) is 16.5. The summed E-state index contributed by atoms with van der Waals surface area (Å²) in [6.07, 6.45) is 3.90. The molecule has 0 aliphatic rings. The second-order valence-electron chi connectivity index (χ2n) is 6.56. The maximum absolute atomic E-state index is 7.00. The van der Waals surface area contributed by atoms with Gasteiger partial charge in [0.2, 0.25) is 0 Å². The van der Waals surface area contributed by atoms with Gasteiger partial charge >= 0.3 is 0 Å². The van der Waals surface area contributed by atoms with Crippen molar-refractivity contribution in [3.05, 3.63) is 54.9 Å². The summed E-state index contributed by atoms with van der Waals surface area (Å²) in [5.41, 5.74) is 2.20. The number of rotatable bonds is 1. The molecule has 141 valence electrons. The van der Waals surface area contributed by atoms with Crippen molar-refractivity contribution in [1.82, 2.24) is 9.38 Å². The van der Waals surface area contributed by atoms with E-state index in [4.69, 9.17) is 10.2 Å². The maximum atomic E-state index is 7.00. The van der Waals surface area contributed by atoms with E-state index >= 15 is 0 Å². The van der Waals surface area contributed by atoms with E-state index in [1.165, 1.54) is 21.5 Å². The average molecular weight is 546 g/mol. The Labute approximate surface area is 168 Å². The molecule has 2 N–H and O–H groups in total. The first-order valence-electron chi connectivity index (χ1n) is 8.15. The zero-order valence-electron chi connectivity index (χ0n) is 15.7. The Hall–Kier alpha value is -1.56. The van der Waals surface area contributed by atoms with Gasteiger partial charge in [-0.3, -0.25) is 4.98 Å². The van der Waals surface area contributed by atoms with Gasteiger partial charge in [-0.05, 0) is 11.5 Å². The molecule has 0 saturated heterocycles. The first kappa shape index (κ1) is 22.5. The number of aliphatic hydroxyl groups excluding tert-OH is 2. The summed E-state index contributed by atoms with van der Waals surface area (Å²) in [4.78, 5) is 4.51. The quantitative estimate of drug-likeness (QED) is 0.220. The van der Waals surface area contributed by atoms with Gasteiger partial charge in [-0.1, -0.05) is 42.3 Å². The van der Waals surface area contributed by atoms with E-state index in [0.29, 0.717) is 0 Å². The van der Waals surface area contributed by atoms with E-state index in [9.17, 15) is 0 Å². The van der Waals surface area contributed by atoms with Crippen molar-refractivity contribution in [2.45, 2.75) is 19.6 Å². The van der Waals surface area contributed by atoms with Crippen LogP contribution in [-0.2, 0) is 20.1 Å². The van der Waals surface area contributed by atoms with Crippen molar-refractivity contribution in [3.8, 4) is 0 Å². The predicted octanol–water partition coefficient (Wildman–Crippen LogP) is 3.20. The minimum atomic E-state index is -1.32. The summed E-state index contributed by atoms with van der Waals surface area (Å²) in [5, 5.41) is 19.1. The van der Waals surface area contributed by atoms with Crippen LogP contribution in [0.3, 0.4) is 0 Å². The Morgan fingerprint density at radius 1 is 1.00 bits per heavy atom. The van der Waals surface area contributed by atoms with E-state index < -0.39 is 8.07 Å². The molecule has 0 fully saturated rings. The van der Waals surface area contributed by atoms with Gasteiger partial charge in [-0.25, -0.2) is 0 Å². The molecule has 26 heavy (non-hydrogen) atoms. The third kappa shape index (κ3) is 4.05. The standard InChI is InChI=1S/C18H17N2Si.2CH4O.Ir/c1-21(2,3)13-8-9-17-16(12-13)14-6-4-5-7-15(14)18-19-10-11-20(17)18;2*1-2;/h4-6,8-12H,1-3H3;2*2H,1H3;/q-1;;;. The van der Waals surface area contributed by atoms with E-state index in [-0.39, 0.29) is 20.1 Å². The molecule has 2 aromatic heterocycles. The first-order chi connectivity index (χ1) is 12.1. The Kier molecular flexibility index (Phi) is 8.12. The van der Waals surface area contributed by atoms with Crippen LogP contribution < -0.4 is 5.19 Å². The molecule has 2 aromatic carbocycles. The summed E-state index contributed by atoms with van der Waals surface area (Å²) < 4.78 is 2.17. The molecule has 0 bridgehead atoms. The number of nitrogens with zero attached hydrogens (tertiary/aromatic N) is 2. The zero-order chi connectivity index (χ0) is 18.6. The van der Waals surface area contributed by atoms with Gasteiger partial charge in [0.1, 0.15) is 0 Å². The van der Waals surface area contributed by atoms with Crippen molar-refractivity contribution in [3.63, 3.8) is 0 Å². The van der Waals surface area contributed by atoms with Crippen LogP contribution in [0.5, 0.6) is 0 Å². The number of pyridine rings is 1. The minimum Gasteiger partial charge on any atom is -0.400 e. The molecular formula is C20H25IrN2O2Si-. The van der Waals surface area contributed by atoms with Crippen LogP contribution in [0.2, 0.25) is 19.6 Å². The molecule has 0 aliphatic heterocycles. The number of hydrogen-bond donors (Lipinski definition) is 2. The number of benzene rings is 2. The molecule has 0 amide bonds. The molecule has 0 atom stereocenters. The fraction of sp³-hybridized carbons (Fsp3) is 0.250. The molecule has 0 saturated carbocycles. The Morgan fingerprint density at radius 3 is 2.35 bits per heavy atom. The Bertz CT molecular complexity index is 994. The van der Waals surface area contributed by atoms with Gasteiger partial charge in [0, 0.05) is 52.2 Å². The average Bonchev–Trinajstić information content (AvgIpc) is 3.14. The third-order valence-corrected chi connectivity index (χ3v) is 6.18. The molecule has 0 unspecified atom stereocenters. The summed E-state index contributed by atoms with van der Waals surface area (Å²) in [6.45, 7) is 7.16. The minimum absolute atomic E-state index is 0. The number of imidazole rings is 1. The van der Waals surface area contributed by atoms with Crippen LogP contribution in [0.25, 0.3) is 27.3 Å². The van der Waals surface area contributed by atoms with Crippen molar-refractivity contribution < 1.29 is 30.3 Å². The van der Waals surface area contributed by atoms with Crippen molar-refractivity contribution in [1.29, 1.82) is 0 Å². The molecule has 4 aromatic rings. The maximum Gasteiger partial charge on any atom is 0.0775 e. The van der Waals surface area contributed by atoms with Gasteiger partial charge < -0.3 is 14.6 Å². The van der Waals surface area contributed by atoms with Gasteiger partial charge in [0.25, 0.3) is 0 Å². The topological polar surface area (TPSA) is 57.8 Å². The summed E-state index contributed by atoms with van der Waals surface area (Å²) >= 11 is 0. The second kappa shape index (κ2) is 9.39. The van der Waals surface area contributed by atoms with Crippen LogP contribution in [-0.4, -0.2) is 41.9 Å². The van der Waals surface area contributed by atoms with Crippen LogP contribution in [0, 0.1) is 6.07 Å². The molecule has 0 spiro atoms. The smallest absolute Gasteiger partial charge is 0.0775 e. The van der Waals surface area contributed by atoms with E-state index in [1.807, 2.05) is 18.5 Å². The molecular weight excluding hydrogens is 521 g/mol. The van der Waals surface area contributed by atoms with Gasteiger partial charge in [-0.2, -0.15) is 0 Å². The molecule has 1 radical (unpaired) electrons. The molecule has 6 heteroatoms. The summed E-state index contributed by atoms with van der Waals surface area (Å²) in [5.74, 6) is 0. The number of fused-ring (bicyclic) bond motifs is 6. The molecule has 4 rings (SSSR count). The van der Waals surface area contributed by atoms with Gasteiger partial charge in [-0.15, -0.1) is 29.7 Å². The van der Waals surface area contributed by atoms with Crippen molar-refractivity contribution in [2.24, 2.45) is 0 Å². The van der Waals surface area contributed by atoms with Crippen molar-refractivity contribution in [2.75, 3.05) is 14.2 Å². The largest absolute Gasteiger partial charge is 0.400 e. The van der Waals surface area contributed by atoms with E-state index in [1.54, 1.807) is 0 Å². The SMILES string of the molecule is CO.CO.C[Si](C)(C)c1ccc2c(c1)c1ccc[c-]c1c1nccn21.[Ir]. The van der Waals surface area contributed by atoms with E-state index in [0.717, 1.165) is 25.3 Å². The number of hydrogen-bond acceptors (Lipinski definition) is 3. The zero-order valence-corrected chi connectivity index (χ0v) is 19.1. The Balaban J connectivity index is 0.000000635. The normalized spacial score (nSPS) is 10.6.